The molecule has 10 rings (SSSR count). The first kappa shape index (κ1) is 46.6. The Hall–Kier alpha value is -6.48. The Balaban J connectivity index is 0.000000170. The van der Waals surface area contributed by atoms with Gasteiger partial charge in [-0.3, -0.25) is 19.6 Å². The van der Waals surface area contributed by atoms with Crippen LogP contribution in [0.3, 0.4) is 0 Å². The summed E-state index contributed by atoms with van der Waals surface area (Å²) in [6.07, 6.45) is 15.4. The molecule has 0 bridgehead atoms. The molecule has 0 amide bonds. The minimum atomic E-state index is -0.123. The highest BCUT2D eigenvalue weighted by molar-refractivity contribution is 5.72. The van der Waals surface area contributed by atoms with Crippen molar-refractivity contribution >= 4 is 22.3 Å². The highest BCUT2D eigenvalue weighted by Gasteiger charge is 2.22. The van der Waals surface area contributed by atoms with Crippen molar-refractivity contribution in [3.63, 3.8) is 0 Å². The average Bonchev–Trinajstić information content (AvgIpc) is 3.78. The molecule has 68 heavy (non-hydrogen) atoms. The minimum absolute atomic E-state index is 0.123. The molecule has 10 heterocycles. The van der Waals surface area contributed by atoms with Crippen molar-refractivity contribution in [1.29, 1.82) is 0 Å². The van der Waals surface area contributed by atoms with Crippen LogP contribution in [0.2, 0.25) is 0 Å². The summed E-state index contributed by atoms with van der Waals surface area (Å²) in [5.74, 6) is 4.25. The van der Waals surface area contributed by atoms with E-state index in [0.717, 1.165) is 112 Å². The summed E-state index contributed by atoms with van der Waals surface area (Å²) in [4.78, 5) is 55.7. The summed E-state index contributed by atoms with van der Waals surface area (Å²) < 4.78 is 36.9. The van der Waals surface area contributed by atoms with Gasteiger partial charge in [0.1, 0.15) is 11.5 Å². The third-order valence-corrected chi connectivity index (χ3v) is 12.8. The van der Waals surface area contributed by atoms with Gasteiger partial charge in [-0.25, -0.2) is 19.9 Å². The summed E-state index contributed by atoms with van der Waals surface area (Å²) in [5.41, 5.74) is 4.17. The lowest BCUT2D eigenvalue weighted by Gasteiger charge is -2.32. The predicted molar refractivity (Wildman–Crippen MR) is 253 cm³/mol. The molecule has 360 valence electrons. The normalized spacial score (nSPS) is 17.0. The second kappa shape index (κ2) is 22.5. The Morgan fingerprint density at radius 2 is 0.912 bits per heavy atom. The van der Waals surface area contributed by atoms with Gasteiger partial charge in [-0.1, -0.05) is 0 Å². The number of hydrogen-bond donors (Lipinski definition) is 2. The minimum Gasteiger partial charge on any atom is -0.495 e. The topological polar surface area (TPSA) is 207 Å². The fourth-order valence-corrected chi connectivity index (χ4v) is 8.86. The molecule has 0 aromatic carbocycles. The molecular weight excluding hydrogens is 873 g/mol. The van der Waals surface area contributed by atoms with E-state index < -0.39 is 0 Å². The Labute approximate surface area is 394 Å². The van der Waals surface area contributed by atoms with Crippen LogP contribution in [0.5, 0.6) is 34.5 Å². The zero-order valence-corrected chi connectivity index (χ0v) is 38.8. The number of nitrogens with zero attached hydrogens (tertiary/aromatic N) is 10. The lowest BCUT2D eigenvalue weighted by molar-refractivity contribution is 0.191. The van der Waals surface area contributed by atoms with Crippen molar-refractivity contribution in [2.24, 2.45) is 0 Å². The van der Waals surface area contributed by atoms with Crippen LogP contribution in [0.25, 0.3) is 22.3 Å². The maximum atomic E-state index is 12.5. The summed E-state index contributed by atoms with van der Waals surface area (Å²) in [6, 6.07) is 8.47. The lowest BCUT2D eigenvalue weighted by atomic mass is 10.0. The Morgan fingerprint density at radius 3 is 1.32 bits per heavy atom. The largest absolute Gasteiger partial charge is 0.495 e. The maximum Gasteiger partial charge on any atom is 0.269 e. The molecule has 6 aromatic heterocycles. The zero-order chi connectivity index (χ0) is 46.7. The molecule has 0 spiro atoms. The highest BCUT2D eigenvalue weighted by Crippen LogP contribution is 2.30. The zero-order valence-electron chi connectivity index (χ0n) is 38.8. The molecule has 6 aromatic rings. The van der Waals surface area contributed by atoms with Gasteiger partial charge in [0, 0.05) is 88.5 Å². The second-order valence-corrected chi connectivity index (χ2v) is 17.3. The Morgan fingerprint density at radius 1 is 0.515 bits per heavy atom. The number of hydrogen-bond acceptors (Lipinski definition) is 18. The first-order valence-electron chi connectivity index (χ1n) is 23.6. The molecule has 4 aliphatic heterocycles. The molecule has 20 nitrogen and oxygen atoms in total. The fourth-order valence-electron chi connectivity index (χ4n) is 8.86. The molecule has 0 atom stereocenters. The fraction of sp³-hybridized carbons (Fsp3) is 0.500. The van der Waals surface area contributed by atoms with Gasteiger partial charge in [-0.05, 0) is 51.9 Å². The van der Waals surface area contributed by atoms with Crippen molar-refractivity contribution in [3.05, 3.63) is 93.5 Å². The van der Waals surface area contributed by atoms with Gasteiger partial charge in [0.05, 0.1) is 100 Å². The number of pyridine rings is 4. The quantitative estimate of drug-likeness (QED) is 0.161. The number of ether oxygens (including phenoxy) is 6. The van der Waals surface area contributed by atoms with E-state index in [9.17, 15) is 9.59 Å². The van der Waals surface area contributed by atoms with E-state index in [1.807, 2.05) is 24.3 Å². The van der Waals surface area contributed by atoms with Crippen LogP contribution < -0.4 is 50.2 Å². The monoisotopic (exact) mass is 932 g/mol. The van der Waals surface area contributed by atoms with Crippen molar-refractivity contribution in [1.82, 2.24) is 59.5 Å². The molecule has 4 aliphatic rings. The van der Waals surface area contributed by atoms with Crippen molar-refractivity contribution < 1.29 is 28.4 Å². The second-order valence-electron chi connectivity index (χ2n) is 17.3. The third-order valence-electron chi connectivity index (χ3n) is 12.8. The van der Waals surface area contributed by atoms with Gasteiger partial charge >= 0.3 is 0 Å². The Bertz CT molecular complexity index is 2570. The summed E-state index contributed by atoms with van der Waals surface area (Å²) in [6.45, 7) is 10.8. The number of fused-ring (bicyclic) bond motifs is 4. The van der Waals surface area contributed by atoms with Crippen molar-refractivity contribution in [2.75, 3.05) is 79.9 Å². The van der Waals surface area contributed by atoms with Crippen LogP contribution in [-0.2, 0) is 26.2 Å². The molecule has 2 saturated heterocycles. The van der Waals surface area contributed by atoms with Gasteiger partial charge in [0.2, 0.25) is 0 Å². The molecule has 0 saturated carbocycles. The third kappa shape index (κ3) is 11.8. The van der Waals surface area contributed by atoms with Crippen molar-refractivity contribution in [3.8, 4) is 34.5 Å². The molecule has 0 aliphatic carbocycles. The first-order valence-corrected chi connectivity index (χ1v) is 23.6. The van der Waals surface area contributed by atoms with Gasteiger partial charge in [0.15, 0.2) is 34.3 Å². The van der Waals surface area contributed by atoms with Crippen molar-refractivity contribution in [2.45, 2.75) is 76.8 Å². The molecular formula is C48H60N12O8. The summed E-state index contributed by atoms with van der Waals surface area (Å²) in [7, 11) is 3.18. The van der Waals surface area contributed by atoms with E-state index in [2.05, 4.69) is 50.3 Å². The van der Waals surface area contributed by atoms with E-state index in [1.54, 1.807) is 48.1 Å². The number of likely N-dealkylation sites (tertiary alicyclic amines) is 2. The predicted octanol–water partition coefficient (Wildman–Crippen LogP) is 3.22. The highest BCUT2D eigenvalue weighted by atomic mass is 16.5. The SMILES string of the molecule is COc1cnc2ncc(=O)n(CCN3CCC(NCc4cc5c(cn4)OCCCO5)CC3)c2c1.COc1cnc2ncc(=O)n(CCN3CCC(NCc4cc5c(cn4)OCCCO5)CC3)c2c1. The summed E-state index contributed by atoms with van der Waals surface area (Å²) >= 11 is 0. The maximum absolute atomic E-state index is 12.5. The van der Waals surface area contributed by atoms with E-state index in [-0.39, 0.29) is 11.1 Å². The Kier molecular flexibility index (Phi) is 15.5. The van der Waals surface area contributed by atoms with E-state index in [0.29, 0.717) is 98.5 Å². The summed E-state index contributed by atoms with van der Waals surface area (Å²) in [5, 5.41) is 7.26. The molecule has 0 unspecified atom stereocenters. The molecule has 0 radical (unpaired) electrons. The number of rotatable bonds is 14. The van der Waals surface area contributed by atoms with Crippen LogP contribution in [0, 0.1) is 0 Å². The van der Waals surface area contributed by atoms with E-state index in [1.165, 1.54) is 12.4 Å². The number of aromatic nitrogens is 8. The van der Waals surface area contributed by atoms with Crippen LogP contribution >= 0.6 is 0 Å². The average molecular weight is 933 g/mol. The number of nitrogens with one attached hydrogen (secondary N) is 2. The first-order chi connectivity index (χ1) is 33.4. The number of piperidine rings is 2. The van der Waals surface area contributed by atoms with Crippen LogP contribution in [0.1, 0.15) is 49.9 Å². The molecule has 2 fully saturated rings. The smallest absolute Gasteiger partial charge is 0.269 e. The van der Waals surface area contributed by atoms with Gasteiger partial charge in [0.25, 0.3) is 11.1 Å². The molecule has 20 heteroatoms. The van der Waals surface area contributed by atoms with Crippen LogP contribution in [0.15, 0.2) is 71.0 Å². The number of methoxy groups -OCH3 is 2. The standard InChI is InChI=1S/2C24H30N6O4/c2*1-32-19-12-20-24(27-14-19)28-16-23(31)30(20)8-7-29-5-3-17(4-6-29)25-13-18-11-21-22(15-26-18)34-10-2-9-33-21/h2*11-12,14-17,25H,2-10,13H2,1H3. The van der Waals surface area contributed by atoms with Crippen LogP contribution in [-0.4, -0.2) is 141 Å². The van der Waals surface area contributed by atoms with Crippen LogP contribution in [0.4, 0.5) is 0 Å². The molecule has 2 N–H and O–H groups in total. The van der Waals surface area contributed by atoms with Gasteiger partial charge < -0.3 is 58.0 Å². The van der Waals surface area contributed by atoms with Gasteiger partial charge in [-0.15, -0.1) is 0 Å². The van der Waals surface area contributed by atoms with E-state index in [4.69, 9.17) is 28.4 Å². The van der Waals surface area contributed by atoms with E-state index >= 15 is 0 Å². The lowest BCUT2D eigenvalue weighted by Crippen LogP contribution is -2.43. The van der Waals surface area contributed by atoms with Gasteiger partial charge in [-0.2, -0.15) is 0 Å².